The van der Waals surface area contributed by atoms with E-state index >= 15 is 0 Å². The number of aromatic amines is 1. The van der Waals surface area contributed by atoms with Gasteiger partial charge in [0, 0.05) is 54.2 Å². The van der Waals surface area contributed by atoms with Crippen molar-refractivity contribution in [3.05, 3.63) is 77.7 Å². The molecule has 0 fully saturated rings. The van der Waals surface area contributed by atoms with Gasteiger partial charge < -0.3 is 14.5 Å². The smallest absolute Gasteiger partial charge is 0.165 e. The lowest BCUT2D eigenvalue weighted by Crippen LogP contribution is -2.37. The first-order chi connectivity index (χ1) is 15.3. The summed E-state index contributed by atoms with van der Waals surface area (Å²) in [5.41, 5.74) is 5.00. The van der Waals surface area contributed by atoms with Gasteiger partial charge in [-0.3, -0.25) is 9.58 Å². The SMILES string of the molecule is COc1cccc([C@@H]2c3[nH]c4ccccc4c3CCN2CCCn2cccn2)c1OC. The molecule has 0 radical (unpaired) electrons. The average Bonchev–Trinajstić information content (AvgIpc) is 3.46. The van der Waals surface area contributed by atoms with E-state index in [1.54, 1.807) is 14.2 Å². The number of para-hydroxylation sites is 2. The van der Waals surface area contributed by atoms with E-state index in [1.807, 2.05) is 29.2 Å². The molecule has 4 aromatic rings. The number of H-pyrrole nitrogens is 1. The molecule has 0 aliphatic carbocycles. The Morgan fingerprint density at radius 3 is 2.74 bits per heavy atom. The van der Waals surface area contributed by atoms with Crippen molar-refractivity contribution in [2.24, 2.45) is 0 Å². The molecule has 6 nitrogen and oxygen atoms in total. The lowest BCUT2D eigenvalue weighted by Gasteiger charge is -2.37. The second kappa shape index (κ2) is 8.47. The van der Waals surface area contributed by atoms with Crippen LogP contribution in [0.5, 0.6) is 11.5 Å². The Morgan fingerprint density at radius 2 is 1.94 bits per heavy atom. The Morgan fingerprint density at radius 1 is 1.03 bits per heavy atom. The minimum atomic E-state index is 0.0822. The van der Waals surface area contributed by atoms with Gasteiger partial charge in [0.1, 0.15) is 0 Å². The second-order valence-electron chi connectivity index (χ2n) is 7.96. The quantitative estimate of drug-likeness (QED) is 0.485. The molecule has 0 unspecified atom stereocenters. The number of fused-ring (bicyclic) bond motifs is 3. The van der Waals surface area contributed by atoms with Crippen LogP contribution in [0.15, 0.2) is 60.9 Å². The molecule has 2 aromatic carbocycles. The third-order valence-corrected chi connectivity index (χ3v) is 6.25. The number of hydrogen-bond acceptors (Lipinski definition) is 4. The fourth-order valence-electron chi connectivity index (χ4n) is 4.88. The zero-order valence-corrected chi connectivity index (χ0v) is 18.0. The third kappa shape index (κ3) is 3.57. The molecule has 1 aliphatic rings. The summed E-state index contributed by atoms with van der Waals surface area (Å²) in [6.45, 7) is 2.88. The Hall–Kier alpha value is -3.25. The monoisotopic (exact) mass is 416 g/mol. The maximum absolute atomic E-state index is 5.84. The first-order valence-electron chi connectivity index (χ1n) is 10.8. The van der Waals surface area contributed by atoms with Gasteiger partial charge in [0.05, 0.1) is 20.3 Å². The lowest BCUT2D eigenvalue weighted by molar-refractivity contribution is 0.199. The molecule has 1 N–H and O–H groups in total. The van der Waals surface area contributed by atoms with Gasteiger partial charge in [-0.05, 0) is 36.6 Å². The Bertz CT molecular complexity index is 1170. The molecule has 1 aliphatic heterocycles. The van der Waals surface area contributed by atoms with Crippen LogP contribution < -0.4 is 9.47 Å². The van der Waals surface area contributed by atoms with Crippen LogP contribution in [-0.2, 0) is 13.0 Å². The third-order valence-electron chi connectivity index (χ3n) is 6.25. The van der Waals surface area contributed by atoms with Crippen LogP contribution in [0.1, 0.15) is 29.3 Å². The van der Waals surface area contributed by atoms with Gasteiger partial charge in [-0.1, -0.05) is 30.3 Å². The van der Waals surface area contributed by atoms with E-state index in [-0.39, 0.29) is 6.04 Å². The van der Waals surface area contributed by atoms with Crippen LogP contribution in [0.4, 0.5) is 0 Å². The van der Waals surface area contributed by atoms with E-state index in [1.165, 1.54) is 22.2 Å². The van der Waals surface area contributed by atoms with Crippen LogP contribution in [0.2, 0.25) is 0 Å². The van der Waals surface area contributed by atoms with Crippen molar-refractivity contribution in [3.63, 3.8) is 0 Å². The summed E-state index contributed by atoms with van der Waals surface area (Å²) in [5, 5.41) is 5.67. The highest BCUT2D eigenvalue weighted by molar-refractivity contribution is 5.85. The highest BCUT2D eigenvalue weighted by Crippen LogP contribution is 2.44. The molecule has 0 amide bonds. The molecule has 0 saturated heterocycles. The van der Waals surface area contributed by atoms with Crippen LogP contribution in [0.3, 0.4) is 0 Å². The van der Waals surface area contributed by atoms with Crippen molar-refractivity contribution in [1.29, 1.82) is 0 Å². The first-order valence-corrected chi connectivity index (χ1v) is 10.8. The highest BCUT2D eigenvalue weighted by Gasteiger charge is 2.33. The summed E-state index contributed by atoms with van der Waals surface area (Å²) >= 11 is 0. The van der Waals surface area contributed by atoms with Gasteiger partial charge in [-0.25, -0.2) is 0 Å². The molecule has 31 heavy (non-hydrogen) atoms. The Labute approximate surface area is 182 Å². The number of benzene rings is 2. The van der Waals surface area contributed by atoms with Crippen LogP contribution in [0, 0.1) is 0 Å². The maximum Gasteiger partial charge on any atom is 0.165 e. The van der Waals surface area contributed by atoms with E-state index < -0.39 is 0 Å². The van der Waals surface area contributed by atoms with Crippen LogP contribution in [0.25, 0.3) is 10.9 Å². The summed E-state index contributed by atoms with van der Waals surface area (Å²) in [6.07, 6.45) is 5.92. The molecule has 0 bridgehead atoms. The molecular weight excluding hydrogens is 388 g/mol. The van der Waals surface area contributed by atoms with Gasteiger partial charge in [0.2, 0.25) is 0 Å². The number of ether oxygens (including phenoxy) is 2. The van der Waals surface area contributed by atoms with Gasteiger partial charge in [0.25, 0.3) is 0 Å². The average molecular weight is 417 g/mol. The Balaban J connectivity index is 1.56. The van der Waals surface area contributed by atoms with Crippen molar-refractivity contribution in [1.82, 2.24) is 19.7 Å². The number of aromatic nitrogens is 3. The molecule has 3 heterocycles. The predicted octanol–water partition coefficient (Wildman–Crippen LogP) is 4.42. The zero-order valence-electron chi connectivity index (χ0n) is 18.0. The van der Waals surface area contributed by atoms with Gasteiger partial charge in [-0.2, -0.15) is 5.10 Å². The van der Waals surface area contributed by atoms with Crippen molar-refractivity contribution >= 4 is 10.9 Å². The van der Waals surface area contributed by atoms with Crippen molar-refractivity contribution in [2.75, 3.05) is 27.3 Å². The van der Waals surface area contributed by atoms with Crippen molar-refractivity contribution in [2.45, 2.75) is 25.4 Å². The minimum absolute atomic E-state index is 0.0822. The number of hydrogen-bond donors (Lipinski definition) is 1. The molecule has 5 rings (SSSR count). The van der Waals surface area contributed by atoms with Gasteiger partial charge in [0.15, 0.2) is 11.5 Å². The normalized spacial score (nSPS) is 16.4. The zero-order chi connectivity index (χ0) is 21.2. The van der Waals surface area contributed by atoms with E-state index in [0.29, 0.717) is 0 Å². The number of aryl methyl sites for hydroxylation is 1. The van der Waals surface area contributed by atoms with Crippen molar-refractivity contribution in [3.8, 4) is 11.5 Å². The molecule has 1 atom stereocenters. The first kappa shape index (κ1) is 19.7. The number of nitrogens with one attached hydrogen (secondary N) is 1. The van der Waals surface area contributed by atoms with E-state index in [4.69, 9.17) is 9.47 Å². The summed E-state index contributed by atoms with van der Waals surface area (Å²) in [6, 6.07) is 16.8. The minimum Gasteiger partial charge on any atom is -0.493 e. The number of nitrogens with zero attached hydrogens (tertiary/aromatic N) is 3. The van der Waals surface area contributed by atoms with Gasteiger partial charge in [-0.15, -0.1) is 0 Å². The highest BCUT2D eigenvalue weighted by atomic mass is 16.5. The second-order valence-corrected chi connectivity index (χ2v) is 7.96. The van der Waals surface area contributed by atoms with E-state index in [9.17, 15) is 0 Å². The molecule has 160 valence electrons. The number of rotatable bonds is 7. The lowest BCUT2D eigenvalue weighted by atomic mass is 9.91. The molecular formula is C25H28N4O2. The summed E-state index contributed by atoms with van der Waals surface area (Å²) < 4.78 is 13.5. The summed E-state index contributed by atoms with van der Waals surface area (Å²) in [5.74, 6) is 1.57. The molecule has 0 spiro atoms. The number of methoxy groups -OCH3 is 2. The molecule has 0 saturated carbocycles. The fourth-order valence-corrected chi connectivity index (χ4v) is 4.88. The summed E-state index contributed by atoms with van der Waals surface area (Å²) in [7, 11) is 3.41. The molecule has 6 heteroatoms. The van der Waals surface area contributed by atoms with Gasteiger partial charge >= 0.3 is 0 Å². The van der Waals surface area contributed by atoms with E-state index in [0.717, 1.165) is 49.5 Å². The summed E-state index contributed by atoms with van der Waals surface area (Å²) in [4.78, 5) is 6.29. The van der Waals surface area contributed by atoms with E-state index in [2.05, 4.69) is 51.4 Å². The maximum atomic E-state index is 5.84. The van der Waals surface area contributed by atoms with Crippen LogP contribution >= 0.6 is 0 Å². The standard InChI is InChI=1S/C25H28N4O2/c1-30-22-11-5-9-20(25(22)31-2)24-23-19(18-8-3-4-10-21(18)27-23)12-17-28(24)14-7-16-29-15-6-13-26-29/h3-6,8-11,13,15,24,27H,7,12,14,16-17H2,1-2H3/t24-/m1/s1. The largest absolute Gasteiger partial charge is 0.493 e. The fraction of sp³-hybridized carbons (Fsp3) is 0.320. The molecule has 2 aromatic heterocycles. The topological polar surface area (TPSA) is 55.3 Å². The van der Waals surface area contributed by atoms with Crippen molar-refractivity contribution < 1.29 is 9.47 Å². The Kier molecular flexibility index (Phi) is 5.38. The van der Waals surface area contributed by atoms with Crippen LogP contribution in [-0.4, -0.2) is 47.0 Å². The predicted molar refractivity (Wildman–Crippen MR) is 122 cm³/mol.